The molecule has 0 saturated carbocycles. The summed E-state index contributed by atoms with van der Waals surface area (Å²) in [5.74, 6) is -0.855. The van der Waals surface area contributed by atoms with Gasteiger partial charge in [-0.3, -0.25) is 19.2 Å². The second kappa shape index (κ2) is 8.52. The minimum absolute atomic E-state index is 0.0229. The van der Waals surface area contributed by atoms with Crippen LogP contribution in [0.3, 0.4) is 0 Å². The van der Waals surface area contributed by atoms with Gasteiger partial charge in [0, 0.05) is 23.7 Å². The van der Waals surface area contributed by atoms with Gasteiger partial charge in [-0.1, -0.05) is 11.6 Å². The SMILES string of the molecule is COc1ccc(Cl)cc1NC(=O)Cn1nc(C(F)(F)F)c2c1CN(CC(N)=O)CC2. The first-order valence-electron chi connectivity index (χ1n) is 8.88. The Labute approximate surface area is 174 Å². The molecule has 30 heavy (non-hydrogen) atoms. The number of aromatic nitrogens is 2. The number of carbonyl (C=O) groups excluding carboxylic acids is 2. The van der Waals surface area contributed by atoms with E-state index in [1.807, 2.05) is 0 Å². The Bertz CT molecular complexity index is 977. The second-order valence-electron chi connectivity index (χ2n) is 6.75. The van der Waals surface area contributed by atoms with E-state index in [1.54, 1.807) is 17.0 Å². The molecule has 1 aliphatic heterocycles. The molecule has 12 heteroatoms. The average molecular weight is 446 g/mol. The van der Waals surface area contributed by atoms with Gasteiger partial charge in [0.2, 0.25) is 11.8 Å². The van der Waals surface area contributed by atoms with Crippen molar-refractivity contribution in [3.63, 3.8) is 0 Å². The summed E-state index contributed by atoms with van der Waals surface area (Å²) in [7, 11) is 1.41. The number of ether oxygens (including phenoxy) is 1. The zero-order chi connectivity index (χ0) is 22.1. The second-order valence-corrected chi connectivity index (χ2v) is 7.19. The van der Waals surface area contributed by atoms with Gasteiger partial charge in [0.25, 0.3) is 0 Å². The quantitative estimate of drug-likeness (QED) is 0.708. The highest BCUT2D eigenvalue weighted by Crippen LogP contribution is 2.35. The molecule has 1 aromatic heterocycles. The van der Waals surface area contributed by atoms with E-state index in [-0.39, 0.29) is 43.0 Å². The molecule has 1 aliphatic rings. The highest BCUT2D eigenvalue weighted by Gasteiger charge is 2.40. The first-order valence-corrected chi connectivity index (χ1v) is 9.26. The molecular weight excluding hydrogens is 427 g/mol. The van der Waals surface area contributed by atoms with Crippen molar-refractivity contribution in [1.82, 2.24) is 14.7 Å². The van der Waals surface area contributed by atoms with E-state index < -0.39 is 30.2 Å². The predicted molar refractivity (Wildman–Crippen MR) is 102 cm³/mol. The van der Waals surface area contributed by atoms with E-state index in [9.17, 15) is 22.8 Å². The van der Waals surface area contributed by atoms with Crippen LogP contribution in [0.2, 0.25) is 5.02 Å². The fourth-order valence-corrected chi connectivity index (χ4v) is 3.52. The molecule has 0 fully saturated rings. The number of anilines is 1. The number of alkyl halides is 3. The van der Waals surface area contributed by atoms with Crippen LogP contribution in [0.5, 0.6) is 5.75 Å². The van der Waals surface area contributed by atoms with E-state index in [4.69, 9.17) is 22.1 Å². The van der Waals surface area contributed by atoms with Gasteiger partial charge in [-0.25, -0.2) is 0 Å². The number of hydrogen-bond donors (Lipinski definition) is 2. The van der Waals surface area contributed by atoms with Gasteiger partial charge in [-0.2, -0.15) is 18.3 Å². The highest BCUT2D eigenvalue weighted by molar-refractivity contribution is 6.31. The van der Waals surface area contributed by atoms with Crippen molar-refractivity contribution in [2.45, 2.75) is 25.7 Å². The average Bonchev–Trinajstić information content (AvgIpc) is 2.99. The third kappa shape index (κ3) is 4.85. The number of rotatable bonds is 6. The van der Waals surface area contributed by atoms with Crippen LogP contribution in [0.1, 0.15) is 17.0 Å². The lowest BCUT2D eigenvalue weighted by Gasteiger charge is -2.26. The number of nitrogens with two attached hydrogens (primary N) is 1. The first-order chi connectivity index (χ1) is 14.1. The standard InChI is InChI=1S/C18H19ClF3N5O3/c1-30-14-3-2-10(19)6-12(14)24-16(29)9-27-13-7-26(8-15(23)28)5-4-11(13)17(25-27)18(20,21)22/h2-3,6H,4-5,7-9H2,1H3,(H2,23,28)(H,24,29). The molecule has 8 nitrogen and oxygen atoms in total. The number of hydrogen-bond acceptors (Lipinski definition) is 5. The molecule has 2 heterocycles. The Hall–Kier alpha value is -2.79. The van der Waals surface area contributed by atoms with E-state index in [2.05, 4.69) is 10.4 Å². The molecule has 0 saturated heterocycles. The van der Waals surface area contributed by atoms with Gasteiger partial charge < -0.3 is 15.8 Å². The fraction of sp³-hybridized carbons (Fsp3) is 0.389. The van der Waals surface area contributed by atoms with Gasteiger partial charge in [0.1, 0.15) is 12.3 Å². The van der Waals surface area contributed by atoms with E-state index in [0.29, 0.717) is 10.8 Å². The van der Waals surface area contributed by atoms with Crippen LogP contribution in [0.15, 0.2) is 18.2 Å². The molecule has 0 spiro atoms. The summed E-state index contributed by atoms with van der Waals surface area (Å²) in [6, 6.07) is 4.59. The largest absolute Gasteiger partial charge is 0.495 e. The fourth-order valence-electron chi connectivity index (χ4n) is 3.35. The maximum atomic E-state index is 13.4. The summed E-state index contributed by atoms with van der Waals surface area (Å²) in [4.78, 5) is 25.3. The number of carbonyl (C=O) groups is 2. The lowest BCUT2D eigenvalue weighted by molar-refractivity contribution is -0.142. The normalized spacial score (nSPS) is 14.3. The summed E-state index contributed by atoms with van der Waals surface area (Å²) in [6.45, 7) is -0.303. The van der Waals surface area contributed by atoms with Gasteiger partial charge >= 0.3 is 6.18 Å². The Morgan fingerprint density at radius 3 is 2.70 bits per heavy atom. The van der Waals surface area contributed by atoms with Crippen molar-refractivity contribution < 1.29 is 27.5 Å². The predicted octanol–water partition coefficient (Wildman–Crippen LogP) is 2.05. The van der Waals surface area contributed by atoms with Crippen LogP contribution in [0, 0.1) is 0 Å². The summed E-state index contributed by atoms with van der Waals surface area (Å²) < 4.78 is 46.4. The van der Waals surface area contributed by atoms with E-state index >= 15 is 0 Å². The molecule has 2 aromatic rings. The number of halogens is 4. The minimum atomic E-state index is -4.66. The molecule has 0 atom stereocenters. The van der Waals surface area contributed by atoms with Gasteiger partial charge in [-0.05, 0) is 24.6 Å². The topological polar surface area (TPSA) is 102 Å². The number of primary amides is 1. The molecular formula is C18H19ClF3N5O3. The Morgan fingerprint density at radius 1 is 1.33 bits per heavy atom. The van der Waals surface area contributed by atoms with Crippen LogP contribution >= 0.6 is 11.6 Å². The molecule has 162 valence electrons. The van der Waals surface area contributed by atoms with Crippen molar-refractivity contribution in [2.24, 2.45) is 5.73 Å². The Balaban J connectivity index is 1.87. The lowest BCUT2D eigenvalue weighted by atomic mass is 10.0. The van der Waals surface area contributed by atoms with E-state index in [0.717, 1.165) is 4.68 Å². The van der Waals surface area contributed by atoms with Crippen molar-refractivity contribution in [2.75, 3.05) is 25.5 Å². The molecule has 3 rings (SSSR count). The van der Waals surface area contributed by atoms with Crippen molar-refractivity contribution in [1.29, 1.82) is 0 Å². The van der Waals surface area contributed by atoms with Crippen LogP contribution < -0.4 is 15.8 Å². The van der Waals surface area contributed by atoms with Crippen LogP contribution in [-0.4, -0.2) is 46.7 Å². The highest BCUT2D eigenvalue weighted by atomic mass is 35.5. The van der Waals surface area contributed by atoms with E-state index in [1.165, 1.54) is 13.2 Å². The minimum Gasteiger partial charge on any atom is -0.495 e. The maximum Gasteiger partial charge on any atom is 0.435 e. The number of benzene rings is 1. The molecule has 2 amide bonds. The Morgan fingerprint density at radius 2 is 2.07 bits per heavy atom. The molecule has 3 N–H and O–H groups in total. The third-order valence-electron chi connectivity index (χ3n) is 4.59. The zero-order valence-corrected chi connectivity index (χ0v) is 16.7. The number of nitrogens with zero attached hydrogens (tertiary/aromatic N) is 3. The molecule has 0 radical (unpaired) electrons. The number of amides is 2. The lowest BCUT2D eigenvalue weighted by Crippen LogP contribution is -2.38. The van der Waals surface area contributed by atoms with Crippen molar-refractivity contribution >= 4 is 29.1 Å². The third-order valence-corrected chi connectivity index (χ3v) is 4.83. The summed E-state index contributed by atoms with van der Waals surface area (Å²) in [5, 5.41) is 6.57. The molecule has 1 aromatic carbocycles. The Kier molecular flexibility index (Phi) is 6.22. The first kappa shape index (κ1) is 21.9. The van der Waals surface area contributed by atoms with Crippen LogP contribution in [0.25, 0.3) is 0 Å². The molecule has 0 unspecified atom stereocenters. The van der Waals surface area contributed by atoms with Crippen LogP contribution in [0.4, 0.5) is 18.9 Å². The number of nitrogens with one attached hydrogen (secondary N) is 1. The number of methoxy groups -OCH3 is 1. The van der Waals surface area contributed by atoms with Gasteiger partial charge in [-0.15, -0.1) is 0 Å². The molecule has 0 aliphatic carbocycles. The molecule has 0 bridgehead atoms. The smallest absolute Gasteiger partial charge is 0.435 e. The maximum absolute atomic E-state index is 13.4. The monoisotopic (exact) mass is 445 g/mol. The van der Waals surface area contributed by atoms with Gasteiger partial charge in [0.05, 0.1) is 25.0 Å². The zero-order valence-electron chi connectivity index (χ0n) is 15.9. The summed E-state index contributed by atoms with van der Waals surface area (Å²) in [5.41, 5.74) is 4.70. The van der Waals surface area contributed by atoms with Crippen molar-refractivity contribution in [3.8, 4) is 5.75 Å². The van der Waals surface area contributed by atoms with Gasteiger partial charge in [0.15, 0.2) is 5.69 Å². The summed E-state index contributed by atoms with van der Waals surface area (Å²) in [6.07, 6.45) is -4.62. The van der Waals surface area contributed by atoms with Crippen LogP contribution in [-0.2, 0) is 35.3 Å². The summed E-state index contributed by atoms with van der Waals surface area (Å²) >= 11 is 5.93. The number of fused-ring (bicyclic) bond motifs is 1. The van der Waals surface area contributed by atoms with Crippen molar-refractivity contribution in [3.05, 3.63) is 40.2 Å².